The van der Waals surface area contributed by atoms with Crippen molar-refractivity contribution < 1.29 is 0 Å². The van der Waals surface area contributed by atoms with Crippen molar-refractivity contribution >= 4 is 11.8 Å². The first-order chi connectivity index (χ1) is 10.1. The molecule has 0 fully saturated rings. The topological polar surface area (TPSA) is 70.7 Å². The van der Waals surface area contributed by atoms with E-state index in [-0.39, 0.29) is 11.6 Å². The highest BCUT2D eigenvalue weighted by Crippen LogP contribution is 2.24. The predicted molar refractivity (Wildman–Crippen MR) is 84.7 cm³/mol. The van der Waals surface area contributed by atoms with Crippen LogP contribution in [0, 0.1) is 6.92 Å². The summed E-state index contributed by atoms with van der Waals surface area (Å²) in [6.07, 6.45) is 2.89. The Morgan fingerprint density at radius 1 is 1.43 bits per heavy atom. The highest BCUT2D eigenvalue weighted by molar-refractivity contribution is 7.99. The van der Waals surface area contributed by atoms with E-state index in [0.29, 0.717) is 10.9 Å². The third-order valence-corrected chi connectivity index (χ3v) is 3.83. The summed E-state index contributed by atoms with van der Waals surface area (Å²) in [5.41, 5.74) is 1.74. The van der Waals surface area contributed by atoms with Crippen molar-refractivity contribution in [2.24, 2.45) is 0 Å². The maximum Gasteiger partial charge on any atom is 0.251 e. The van der Waals surface area contributed by atoms with Crippen molar-refractivity contribution in [1.29, 1.82) is 0 Å². The summed E-state index contributed by atoms with van der Waals surface area (Å²) in [4.78, 5) is 22.8. The largest absolute Gasteiger partial charge is 0.310 e. The van der Waals surface area contributed by atoms with Crippen LogP contribution in [-0.2, 0) is 0 Å². The Hall–Kier alpha value is -1.66. The van der Waals surface area contributed by atoms with Gasteiger partial charge in [-0.1, -0.05) is 6.92 Å². The lowest BCUT2D eigenvalue weighted by atomic mass is 10.1. The molecule has 0 aliphatic heterocycles. The summed E-state index contributed by atoms with van der Waals surface area (Å²) in [5.74, 6) is 0. The van der Waals surface area contributed by atoms with Crippen LogP contribution in [0.5, 0.6) is 0 Å². The number of hydrogen-bond acceptors (Lipinski definition) is 5. The first-order valence-corrected chi connectivity index (χ1v) is 7.85. The van der Waals surface area contributed by atoms with Gasteiger partial charge >= 0.3 is 0 Å². The summed E-state index contributed by atoms with van der Waals surface area (Å²) in [6.45, 7) is 7.07. The molecule has 0 saturated heterocycles. The van der Waals surface area contributed by atoms with E-state index in [1.165, 1.54) is 23.4 Å². The zero-order chi connectivity index (χ0) is 15.2. The van der Waals surface area contributed by atoms with Gasteiger partial charge in [-0.3, -0.25) is 4.79 Å². The number of H-pyrrole nitrogens is 1. The van der Waals surface area contributed by atoms with Gasteiger partial charge in [0, 0.05) is 24.0 Å². The second kappa shape index (κ2) is 7.38. The molecule has 6 heteroatoms. The average molecular weight is 304 g/mol. The predicted octanol–water partition coefficient (Wildman–Crippen LogP) is 2.69. The van der Waals surface area contributed by atoms with Crippen LogP contribution >= 0.6 is 11.8 Å². The SMILES string of the molecule is CCCNC(C)c1ccnc(Sc2nc(C)cc(=O)[nH]2)c1. The summed E-state index contributed by atoms with van der Waals surface area (Å²) in [7, 11) is 0. The lowest BCUT2D eigenvalue weighted by Gasteiger charge is -2.14. The molecule has 2 heterocycles. The van der Waals surface area contributed by atoms with E-state index < -0.39 is 0 Å². The molecule has 0 amide bonds. The molecule has 21 heavy (non-hydrogen) atoms. The Labute approximate surface area is 128 Å². The number of aromatic nitrogens is 3. The van der Waals surface area contributed by atoms with Gasteiger partial charge in [0.1, 0.15) is 5.03 Å². The van der Waals surface area contributed by atoms with Crippen molar-refractivity contribution in [3.05, 3.63) is 46.0 Å². The minimum Gasteiger partial charge on any atom is -0.310 e. The molecule has 2 aromatic heterocycles. The smallest absolute Gasteiger partial charge is 0.251 e. The highest BCUT2D eigenvalue weighted by Gasteiger charge is 2.08. The van der Waals surface area contributed by atoms with Gasteiger partial charge in [-0.15, -0.1) is 0 Å². The van der Waals surface area contributed by atoms with E-state index in [1.807, 2.05) is 12.1 Å². The van der Waals surface area contributed by atoms with Crippen LogP contribution in [-0.4, -0.2) is 21.5 Å². The third kappa shape index (κ3) is 4.68. The third-order valence-electron chi connectivity index (χ3n) is 3.01. The molecule has 0 aromatic carbocycles. The van der Waals surface area contributed by atoms with Gasteiger partial charge in [-0.2, -0.15) is 0 Å². The van der Waals surface area contributed by atoms with E-state index in [4.69, 9.17) is 0 Å². The van der Waals surface area contributed by atoms with Crippen LogP contribution in [0.15, 0.2) is 39.4 Å². The van der Waals surface area contributed by atoms with E-state index in [1.54, 1.807) is 13.1 Å². The number of nitrogens with one attached hydrogen (secondary N) is 2. The van der Waals surface area contributed by atoms with E-state index >= 15 is 0 Å². The molecule has 2 rings (SSSR count). The monoisotopic (exact) mass is 304 g/mol. The van der Waals surface area contributed by atoms with Crippen LogP contribution in [0.1, 0.15) is 37.6 Å². The molecule has 0 saturated carbocycles. The fourth-order valence-corrected chi connectivity index (χ4v) is 2.78. The van der Waals surface area contributed by atoms with Crippen molar-refractivity contribution in [3.63, 3.8) is 0 Å². The van der Waals surface area contributed by atoms with Gasteiger partial charge in [0.25, 0.3) is 5.56 Å². The first-order valence-electron chi connectivity index (χ1n) is 7.03. The van der Waals surface area contributed by atoms with E-state index in [2.05, 4.69) is 34.1 Å². The molecular formula is C15H20N4OS. The highest BCUT2D eigenvalue weighted by atomic mass is 32.2. The molecule has 1 atom stereocenters. The molecular weight excluding hydrogens is 284 g/mol. The van der Waals surface area contributed by atoms with Crippen LogP contribution in [0.4, 0.5) is 0 Å². The molecule has 0 spiro atoms. The summed E-state index contributed by atoms with van der Waals surface area (Å²) < 4.78 is 0. The number of pyridine rings is 1. The van der Waals surface area contributed by atoms with Crippen LogP contribution in [0.25, 0.3) is 0 Å². The number of hydrogen-bond donors (Lipinski definition) is 2. The Kier molecular flexibility index (Phi) is 5.52. The number of nitrogens with zero attached hydrogens (tertiary/aromatic N) is 2. The average Bonchev–Trinajstić information content (AvgIpc) is 2.44. The lowest BCUT2D eigenvalue weighted by Crippen LogP contribution is -2.19. The minimum atomic E-state index is -0.140. The number of rotatable bonds is 6. The van der Waals surface area contributed by atoms with Gasteiger partial charge in [0.2, 0.25) is 0 Å². The normalized spacial score (nSPS) is 12.3. The second-order valence-electron chi connectivity index (χ2n) is 4.90. The quantitative estimate of drug-likeness (QED) is 0.803. The van der Waals surface area contributed by atoms with Crippen LogP contribution in [0.3, 0.4) is 0 Å². The van der Waals surface area contributed by atoms with E-state index in [0.717, 1.165) is 18.0 Å². The minimum absolute atomic E-state index is 0.140. The van der Waals surface area contributed by atoms with Crippen molar-refractivity contribution in [1.82, 2.24) is 20.3 Å². The van der Waals surface area contributed by atoms with Crippen molar-refractivity contribution in [2.45, 2.75) is 43.4 Å². The molecule has 0 bridgehead atoms. The lowest BCUT2D eigenvalue weighted by molar-refractivity contribution is 0.569. The van der Waals surface area contributed by atoms with Gasteiger partial charge in [0.05, 0.1) is 0 Å². The molecule has 5 nitrogen and oxygen atoms in total. The van der Waals surface area contributed by atoms with E-state index in [9.17, 15) is 4.79 Å². The van der Waals surface area contributed by atoms with Crippen LogP contribution < -0.4 is 10.9 Å². The fraction of sp³-hybridized carbons (Fsp3) is 0.400. The Morgan fingerprint density at radius 3 is 2.95 bits per heavy atom. The summed E-state index contributed by atoms with van der Waals surface area (Å²) in [5, 5.41) is 4.84. The molecule has 0 radical (unpaired) electrons. The van der Waals surface area contributed by atoms with Crippen molar-refractivity contribution in [2.75, 3.05) is 6.54 Å². The summed E-state index contributed by atoms with van der Waals surface area (Å²) >= 11 is 1.37. The molecule has 0 aliphatic rings. The number of aryl methyl sites for hydroxylation is 1. The van der Waals surface area contributed by atoms with Gasteiger partial charge in [0.15, 0.2) is 5.16 Å². The summed E-state index contributed by atoms with van der Waals surface area (Å²) in [6, 6.07) is 5.78. The molecule has 112 valence electrons. The second-order valence-corrected chi connectivity index (χ2v) is 5.91. The van der Waals surface area contributed by atoms with Crippen LogP contribution in [0.2, 0.25) is 0 Å². The Morgan fingerprint density at radius 2 is 2.24 bits per heavy atom. The molecule has 0 aliphatic carbocycles. The molecule has 1 unspecified atom stereocenters. The van der Waals surface area contributed by atoms with Gasteiger partial charge in [-0.05, 0) is 56.3 Å². The first kappa shape index (κ1) is 15.7. The zero-order valence-corrected chi connectivity index (χ0v) is 13.3. The Balaban J connectivity index is 2.15. The van der Waals surface area contributed by atoms with Gasteiger partial charge in [-0.25, -0.2) is 9.97 Å². The molecule has 2 N–H and O–H groups in total. The Bertz CT molecular complexity index is 656. The maximum absolute atomic E-state index is 11.5. The zero-order valence-electron chi connectivity index (χ0n) is 12.5. The van der Waals surface area contributed by atoms with Gasteiger partial charge < -0.3 is 10.3 Å². The maximum atomic E-state index is 11.5. The molecule has 2 aromatic rings. The number of aromatic amines is 1. The van der Waals surface area contributed by atoms with Crippen molar-refractivity contribution in [3.8, 4) is 0 Å². The standard InChI is InChI=1S/C15H20N4OS/c1-4-6-16-11(3)12-5-7-17-14(9-12)21-15-18-10(2)8-13(20)19-15/h5,7-9,11,16H,4,6H2,1-3H3,(H,18,19,20). The fourth-order valence-electron chi connectivity index (χ4n) is 1.93.